The van der Waals surface area contributed by atoms with E-state index in [2.05, 4.69) is 0 Å². The van der Waals surface area contributed by atoms with Crippen molar-refractivity contribution >= 4 is 12.2 Å². The average molecular weight is 167 g/mol. The van der Waals surface area contributed by atoms with E-state index in [0.29, 0.717) is 0 Å². The van der Waals surface area contributed by atoms with E-state index in [9.17, 15) is 4.79 Å². The molecule has 1 unspecified atom stereocenters. The van der Waals surface area contributed by atoms with Gasteiger partial charge in [0.2, 0.25) is 0 Å². The lowest BCUT2D eigenvalue weighted by molar-refractivity contribution is -0.133. The van der Waals surface area contributed by atoms with Crippen molar-refractivity contribution in [1.29, 1.82) is 5.41 Å². The van der Waals surface area contributed by atoms with Crippen LogP contribution in [0.15, 0.2) is 23.8 Å². The normalized spacial score (nSPS) is 14.7. The van der Waals surface area contributed by atoms with Crippen LogP contribution < -0.4 is 0 Å². The minimum Gasteiger partial charge on any atom is -0.478 e. The van der Waals surface area contributed by atoms with Crippen LogP contribution in [0.1, 0.15) is 13.8 Å². The molecule has 66 valence electrons. The van der Waals surface area contributed by atoms with Crippen LogP contribution in [0.25, 0.3) is 0 Å². The van der Waals surface area contributed by atoms with E-state index in [0.717, 1.165) is 6.21 Å². The molecule has 0 radical (unpaired) electrons. The summed E-state index contributed by atoms with van der Waals surface area (Å²) in [5.74, 6) is -1.11. The third kappa shape index (κ3) is 3.14. The highest BCUT2D eigenvalue weighted by atomic mass is 16.4. The van der Waals surface area contributed by atoms with Gasteiger partial charge in [-0.15, -0.1) is 0 Å². The first kappa shape index (κ1) is 10.6. The van der Waals surface area contributed by atoms with Gasteiger partial charge in [0.05, 0.1) is 0 Å². The molecule has 0 bridgehead atoms. The van der Waals surface area contributed by atoms with Crippen molar-refractivity contribution in [2.45, 2.75) is 13.8 Å². The van der Waals surface area contributed by atoms with Crippen molar-refractivity contribution in [2.75, 3.05) is 0 Å². The third-order valence-electron chi connectivity index (χ3n) is 1.48. The fourth-order valence-electron chi connectivity index (χ4n) is 0.900. The number of carboxylic acids is 1. The van der Waals surface area contributed by atoms with Gasteiger partial charge in [0, 0.05) is 17.7 Å². The molecular formula is C9H13NO2. The molecule has 0 fully saturated rings. The Balaban J connectivity index is 4.62. The largest absolute Gasteiger partial charge is 0.478 e. The number of nitrogens with one attached hydrogen (secondary N) is 1. The van der Waals surface area contributed by atoms with Crippen LogP contribution in [0.5, 0.6) is 0 Å². The Kier molecular flexibility index (Phi) is 4.69. The lowest BCUT2D eigenvalue weighted by atomic mass is 10.0. The number of hydrogen-bond acceptors (Lipinski definition) is 2. The van der Waals surface area contributed by atoms with Crippen molar-refractivity contribution in [1.82, 2.24) is 0 Å². The molecule has 0 rings (SSSR count). The summed E-state index contributed by atoms with van der Waals surface area (Å²) in [6, 6.07) is 0. The smallest absolute Gasteiger partial charge is 0.332 e. The van der Waals surface area contributed by atoms with Gasteiger partial charge in [-0.2, -0.15) is 0 Å². The van der Waals surface area contributed by atoms with Crippen molar-refractivity contribution < 1.29 is 9.90 Å². The number of carboxylic acid groups (broad SMARTS) is 1. The zero-order valence-electron chi connectivity index (χ0n) is 7.24. The molecule has 1 atom stereocenters. The molecule has 0 aliphatic rings. The quantitative estimate of drug-likeness (QED) is 0.381. The van der Waals surface area contributed by atoms with E-state index in [1.54, 1.807) is 19.1 Å². The molecule has 3 heteroatoms. The maximum absolute atomic E-state index is 10.6. The van der Waals surface area contributed by atoms with E-state index in [1.807, 2.05) is 6.92 Å². The third-order valence-corrected chi connectivity index (χ3v) is 1.48. The molecule has 0 aliphatic carbocycles. The lowest BCUT2D eigenvalue weighted by Gasteiger charge is -2.05. The van der Waals surface area contributed by atoms with Crippen molar-refractivity contribution in [3.63, 3.8) is 0 Å². The minimum absolute atomic E-state index is 0.144. The van der Waals surface area contributed by atoms with Gasteiger partial charge in [0.15, 0.2) is 0 Å². The molecule has 0 amide bonds. The summed E-state index contributed by atoms with van der Waals surface area (Å²) in [6.07, 6.45) is 5.87. The molecule has 2 N–H and O–H groups in total. The van der Waals surface area contributed by atoms with Crippen LogP contribution in [0.4, 0.5) is 0 Å². The maximum atomic E-state index is 10.6. The fourth-order valence-corrected chi connectivity index (χ4v) is 0.900. The van der Waals surface area contributed by atoms with Gasteiger partial charge in [-0.1, -0.05) is 19.1 Å². The van der Waals surface area contributed by atoms with Gasteiger partial charge >= 0.3 is 5.97 Å². The van der Waals surface area contributed by atoms with Crippen LogP contribution in [-0.2, 0) is 4.79 Å². The highest BCUT2D eigenvalue weighted by Crippen LogP contribution is 2.11. The molecule has 3 nitrogen and oxygen atoms in total. The summed E-state index contributed by atoms with van der Waals surface area (Å²) in [6.45, 7) is 3.61. The second kappa shape index (κ2) is 5.29. The van der Waals surface area contributed by atoms with Crippen molar-refractivity contribution in [3.8, 4) is 0 Å². The van der Waals surface area contributed by atoms with Crippen LogP contribution >= 0.6 is 0 Å². The Bertz CT molecular complexity index is 229. The predicted molar refractivity (Wildman–Crippen MR) is 48.5 cm³/mol. The van der Waals surface area contributed by atoms with E-state index < -0.39 is 5.97 Å². The Morgan fingerprint density at radius 2 is 2.17 bits per heavy atom. The monoisotopic (exact) mass is 167 g/mol. The molecule has 0 spiro atoms. The van der Waals surface area contributed by atoms with Gasteiger partial charge in [-0.05, 0) is 13.0 Å². The molecule has 0 aliphatic heterocycles. The van der Waals surface area contributed by atoms with Crippen molar-refractivity contribution in [3.05, 3.63) is 23.8 Å². The highest BCUT2D eigenvalue weighted by Gasteiger charge is 2.11. The second-order valence-corrected chi connectivity index (χ2v) is 2.41. The zero-order valence-corrected chi connectivity index (χ0v) is 7.24. The topological polar surface area (TPSA) is 61.2 Å². The molecule has 0 aromatic heterocycles. The van der Waals surface area contributed by atoms with E-state index >= 15 is 0 Å². The zero-order chi connectivity index (χ0) is 9.56. The highest BCUT2D eigenvalue weighted by molar-refractivity contribution is 5.92. The van der Waals surface area contributed by atoms with Gasteiger partial charge in [0.25, 0.3) is 0 Å². The van der Waals surface area contributed by atoms with E-state index in [1.165, 1.54) is 6.08 Å². The Hall–Kier alpha value is -1.38. The van der Waals surface area contributed by atoms with Gasteiger partial charge in [0.1, 0.15) is 0 Å². The average Bonchev–Trinajstić information content (AvgIpc) is 1.99. The summed E-state index contributed by atoms with van der Waals surface area (Å²) in [7, 11) is 0. The molecule has 0 aromatic rings. The minimum atomic E-state index is -0.968. The van der Waals surface area contributed by atoms with Gasteiger partial charge < -0.3 is 10.5 Å². The number of allylic oxidation sites excluding steroid dienone is 3. The Morgan fingerprint density at radius 3 is 2.50 bits per heavy atom. The first-order valence-corrected chi connectivity index (χ1v) is 3.70. The summed E-state index contributed by atoms with van der Waals surface area (Å²) in [5, 5.41) is 15.5. The standard InChI is InChI=1S/C9H13NO2/c1-3-4-7(2)8(5-6-10)9(11)12/h3-7,10H,1-2H3,(H,11,12)/b4-3-,8-5+,10-6?. The summed E-state index contributed by atoms with van der Waals surface area (Å²) >= 11 is 0. The first-order chi connectivity index (χ1) is 5.63. The van der Waals surface area contributed by atoms with Crippen LogP contribution in [0.2, 0.25) is 0 Å². The fraction of sp³-hybridized carbons (Fsp3) is 0.333. The SMILES string of the molecule is C/C=C\C(C)/C(=C\C=N)C(=O)O. The van der Waals surface area contributed by atoms with E-state index in [4.69, 9.17) is 10.5 Å². The number of aliphatic carboxylic acids is 1. The second-order valence-electron chi connectivity index (χ2n) is 2.41. The van der Waals surface area contributed by atoms with Crippen LogP contribution in [0.3, 0.4) is 0 Å². The maximum Gasteiger partial charge on any atom is 0.332 e. The summed E-state index contributed by atoms with van der Waals surface area (Å²) < 4.78 is 0. The first-order valence-electron chi connectivity index (χ1n) is 3.70. The Labute approximate surface area is 71.9 Å². The molecule has 0 aromatic carbocycles. The number of carbonyl (C=O) groups is 1. The molecule has 12 heavy (non-hydrogen) atoms. The number of rotatable bonds is 4. The summed E-state index contributed by atoms with van der Waals surface area (Å²) in [4.78, 5) is 10.6. The molecular weight excluding hydrogens is 154 g/mol. The molecule has 0 saturated carbocycles. The van der Waals surface area contributed by atoms with Crippen LogP contribution in [0, 0.1) is 11.3 Å². The predicted octanol–water partition coefficient (Wildman–Crippen LogP) is 1.86. The van der Waals surface area contributed by atoms with Gasteiger partial charge in [-0.3, -0.25) is 0 Å². The summed E-state index contributed by atoms with van der Waals surface area (Å²) in [5.41, 5.74) is 0.239. The van der Waals surface area contributed by atoms with Crippen molar-refractivity contribution in [2.24, 2.45) is 5.92 Å². The molecule has 0 heterocycles. The van der Waals surface area contributed by atoms with Gasteiger partial charge in [-0.25, -0.2) is 4.79 Å². The number of hydrogen-bond donors (Lipinski definition) is 2. The van der Waals surface area contributed by atoms with Crippen LogP contribution in [-0.4, -0.2) is 17.3 Å². The molecule has 0 saturated heterocycles. The Morgan fingerprint density at radius 1 is 1.58 bits per heavy atom. The lowest BCUT2D eigenvalue weighted by Crippen LogP contribution is -2.08. The van der Waals surface area contributed by atoms with E-state index in [-0.39, 0.29) is 11.5 Å².